The number of rotatable bonds is 6. The highest BCUT2D eigenvalue weighted by molar-refractivity contribution is 9.11. The smallest absolute Gasteiger partial charge is 0.250 e. The monoisotopic (exact) mass is 567 g/mol. The highest BCUT2D eigenvalue weighted by atomic mass is 79.9. The van der Waals surface area contributed by atoms with Crippen LogP contribution in [0.4, 0.5) is 5.69 Å². The molecular formula is C22H23Br2N3O3S. The van der Waals surface area contributed by atoms with E-state index in [0.717, 1.165) is 53.0 Å². The molecule has 0 spiro atoms. The summed E-state index contributed by atoms with van der Waals surface area (Å²) < 4.78 is 12.4. The fraction of sp³-hybridized carbons (Fsp3) is 0.273. The van der Waals surface area contributed by atoms with Gasteiger partial charge in [-0.2, -0.15) is 0 Å². The van der Waals surface area contributed by atoms with Crippen molar-refractivity contribution in [1.82, 2.24) is 10.2 Å². The summed E-state index contributed by atoms with van der Waals surface area (Å²) in [5.74, 6) is 0.310. The van der Waals surface area contributed by atoms with E-state index < -0.39 is 0 Å². The molecule has 2 aromatic carbocycles. The lowest BCUT2D eigenvalue weighted by Gasteiger charge is -2.26. The molecule has 0 unspecified atom stereocenters. The van der Waals surface area contributed by atoms with E-state index >= 15 is 0 Å². The summed E-state index contributed by atoms with van der Waals surface area (Å²) in [6, 6.07) is 11.8. The number of nitrogens with zero attached hydrogens (tertiary/aromatic N) is 1. The van der Waals surface area contributed by atoms with Crippen LogP contribution in [0.15, 0.2) is 51.4 Å². The highest BCUT2D eigenvalue weighted by Crippen LogP contribution is 2.33. The topological polar surface area (TPSA) is 62.8 Å². The summed E-state index contributed by atoms with van der Waals surface area (Å²) in [5.41, 5.74) is 2.80. The number of carbonyl (C=O) groups is 1. The van der Waals surface area contributed by atoms with Gasteiger partial charge in [-0.1, -0.05) is 28.1 Å². The molecule has 0 aliphatic carbocycles. The van der Waals surface area contributed by atoms with E-state index in [1.165, 1.54) is 11.6 Å². The number of hydrogen-bond acceptors (Lipinski definition) is 5. The van der Waals surface area contributed by atoms with Gasteiger partial charge in [-0.05, 0) is 64.1 Å². The second kappa shape index (κ2) is 11.7. The molecule has 0 bridgehead atoms. The van der Waals surface area contributed by atoms with E-state index in [1.54, 1.807) is 13.2 Å². The van der Waals surface area contributed by atoms with Crippen molar-refractivity contribution < 1.29 is 14.3 Å². The molecule has 0 saturated carbocycles. The van der Waals surface area contributed by atoms with Gasteiger partial charge in [0.25, 0.3) is 0 Å². The maximum absolute atomic E-state index is 12.3. The average Bonchev–Trinajstić information content (AvgIpc) is 2.74. The Bertz CT molecular complexity index is 961. The third-order valence-corrected chi connectivity index (χ3v) is 5.86. The lowest BCUT2D eigenvalue weighted by atomic mass is 10.2. The minimum absolute atomic E-state index is 0.234. The molecule has 1 saturated heterocycles. The molecule has 1 heterocycles. The summed E-state index contributed by atoms with van der Waals surface area (Å²) >= 11 is 12.1. The van der Waals surface area contributed by atoms with Crippen molar-refractivity contribution in [3.63, 3.8) is 0 Å². The van der Waals surface area contributed by atoms with Gasteiger partial charge < -0.3 is 14.8 Å². The standard InChI is InChI=1S/C22H23Br2N3O3S/c1-29-21-16(12-17(23)13-19(21)24)4-7-20(28)26-22(31)25-18-5-2-15(3-6-18)14-27-8-10-30-11-9-27/h2-7,12-13H,8-11,14H2,1H3,(H2,25,26,28,31)/b7-4+. The Morgan fingerprint density at radius 2 is 1.94 bits per heavy atom. The molecule has 6 nitrogen and oxygen atoms in total. The van der Waals surface area contributed by atoms with Crippen LogP contribution >= 0.6 is 44.1 Å². The van der Waals surface area contributed by atoms with Crippen molar-refractivity contribution in [3.05, 3.63) is 62.5 Å². The first-order valence-electron chi connectivity index (χ1n) is 9.66. The van der Waals surface area contributed by atoms with E-state index in [0.29, 0.717) is 5.75 Å². The number of anilines is 1. The van der Waals surface area contributed by atoms with E-state index in [2.05, 4.69) is 59.5 Å². The molecule has 9 heteroatoms. The van der Waals surface area contributed by atoms with Gasteiger partial charge in [-0.3, -0.25) is 15.0 Å². The van der Waals surface area contributed by atoms with Crippen molar-refractivity contribution in [2.24, 2.45) is 0 Å². The van der Waals surface area contributed by atoms with Gasteiger partial charge in [0.15, 0.2) is 5.11 Å². The van der Waals surface area contributed by atoms with Gasteiger partial charge in [-0.25, -0.2) is 0 Å². The summed E-state index contributed by atoms with van der Waals surface area (Å²) in [5, 5.41) is 5.92. The molecule has 3 rings (SSSR count). The molecule has 1 amide bonds. The fourth-order valence-electron chi connectivity index (χ4n) is 3.11. The maximum Gasteiger partial charge on any atom is 0.250 e. The molecule has 164 valence electrons. The first kappa shape index (κ1) is 23.9. The molecule has 2 N–H and O–H groups in total. The maximum atomic E-state index is 12.3. The molecule has 1 fully saturated rings. The number of ether oxygens (including phenoxy) is 2. The molecule has 0 aromatic heterocycles. The number of hydrogen-bond donors (Lipinski definition) is 2. The van der Waals surface area contributed by atoms with Crippen molar-refractivity contribution >= 4 is 66.9 Å². The Balaban J connectivity index is 1.52. The lowest BCUT2D eigenvalue weighted by Crippen LogP contribution is -2.35. The number of morpholine rings is 1. The molecule has 1 aliphatic rings. The molecule has 0 atom stereocenters. The zero-order valence-electron chi connectivity index (χ0n) is 17.0. The average molecular weight is 569 g/mol. The van der Waals surface area contributed by atoms with E-state index in [-0.39, 0.29) is 11.0 Å². The van der Waals surface area contributed by atoms with Gasteiger partial charge in [-0.15, -0.1) is 0 Å². The van der Waals surface area contributed by atoms with E-state index in [4.69, 9.17) is 21.7 Å². The Morgan fingerprint density at radius 3 is 2.61 bits per heavy atom. The van der Waals surface area contributed by atoms with Gasteiger partial charge >= 0.3 is 0 Å². The van der Waals surface area contributed by atoms with Gasteiger partial charge in [0, 0.05) is 41.4 Å². The van der Waals surface area contributed by atoms with Crippen LogP contribution in [0.5, 0.6) is 5.75 Å². The van der Waals surface area contributed by atoms with Crippen LogP contribution in [0.1, 0.15) is 11.1 Å². The van der Waals surface area contributed by atoms with Gasteiger partial charge in [0.05, 0.1) is 24.8 Å². The van der Waals surface area contributed by atoms with Crippen LogP contribution in [0, 0.1) is 0 Å². The van der Waals surface area contributed by atoms with E-state index in [1.807, 2.05) is 24.3 Å². The number of amides is 1. The van der Waals surface area contributed by atoms with Crippen molar-refractivity contribution in [2.75, 3.05) is 38.7 Å². The molecular weight excluding hydrogens is 546 g/mol. The summed E-state index contributed by atoms with van der Waals surface area (Å²) in [6.45, 7) is 4.37. The third kappa shape index (κ3) is 7.40. The van der Waals surface area contributed by atoms with E-state index in [9.17, 15) is 4.79 Å². The van der Waals surface area contributed by atoms with Crippen LogP contribution in [-0.2, 0) is 16.1 Å². The second-order valence-electron chi connectivity index (χ2n) is 6.87. The number of halogens is 2. The van der Waals surface area contributed by atoms with Crippen LogP contribution < -0.4 is 15.4 Å². The second-order valence-corrected chi connectivity index (χ2v) is 9.05. The Morgan fingerprint density at radius 1 is 1.23 bits per heavy atom. The summed E-state index contributed by atoms with van der Waals surface area (Å²) in [4.78, 5) is 14.6. The zero-order chi connectivity index (χ0) is 22.2. The van der Waals surface area contributed by atoms with Gasteiger partial charge in [0.1, 0.15) is 5.75 Å². The first-order valence-corrected chi connectivity index (χ1v) is 11.7. The predicted molar refractivity (Wildman–Crippen MR) is 134 cm³/mol. The minimum atomic E-state index is -0.334. The molecule has 1 aliphatic heterocycles. The predicted octanol–water partition coefficient (Wildman–Crippen LogP) is 4.58. The lowest BCUT2D eigenvalue weighted by molar-refractivity contribution is -0.115. The third-order valence-electron chi connectivity index (χ3n) is 4.61. The van der Waals surface area contributed by atoms with Crippen LogP contribution in [0.25, 0.3) is 6.08 Å². The van der Waals surface area contributed by atoms with Gasteiger partial charge in [0.2, 0.25) is 5.91 Å². The normalized spacial score (nSPS) is 14.4. The van der Waals surface area contributed by atoms with Crippen molar-refractivity contribution in [3.8, 4) is 5.75 Å². The number of carbonyl (C=O) groups excluding carboxylic acids is 1. The first-order chi connectivity index (χ1) is 14.9. The largest absolute Gasteiger partial charge is 0.495 e. The van der Waals surface area contributed by atoms with Crippen LogP contribution in [-0.4, -0.2) is 49.3 Å². The van der Waals surface area contributed by atoms with Crippen LogP contribution in [0.2, 0.25) is 0 Å². The number of thiocarbonyl (C=S) groups is 1. The Labute approximate surface area is 204 Å². The van der Waals surface area contributed by atoms with Crippen LogP contribution in [0.3, 0.4) is 0 Å². The summed E-state index contributed by atoms with van der Waals surface area (Å²) in [7, 11) is 1.58. The Hall–Kier alpha value is -1.78. The molecule has 31 heavy (non-hydrogen) atoms. The Kier molecular flexibility index (Phi) is 9.03. The number of nitrogens with one attached hydrogen (secondary N) is 2. The highest BCUT2D eigenvalue weighted by Gasteiger charge is 2.11. The number of benzene rings is 2. The van der Waals surface area contributed by atoms with Crippen molar-refractivity contribution in [2.45, 2.75) is 6.54 Å². The SMILES string of the molecule is COc1c(Br)cc(Br)cc1/C=C/C(=O)NC(=S)Nc1ccc(CN2CCOCC2)cc1. The molecule has 2 aromatic rings. The fourth-order valence-corrected chi connectivity index (χ4v) is 4.75. The molecule has 0 radical (unpaired) electrons. The van der Waals surface area contributed by atoms with Crippen molar-refractivity contribution in [1.29, 1.82) is 0 Å². The quantitative estimate of drug-likeness (QED) is 0.393. The zero-order valence-corrected chi connectivity index (χ0v) is 21.0. The summed E-state index contributed by atoms with van der Waals surface area (Å²) in [6.07, 6.45) is 3.09. The minimum Gasteiger partial charge on any atom is -0.495 e. The number of methoxy groups -OCH3 is 1.